The van der Waals surface area contributed by atoms with E-state index in [0.717, 1.165) is 0 Å². The highest BCUT2D eigenvalue weighted by Crippen LogP contribution is 2.21. The Morgan fingerprint density at radius 1 is 1.12 bits per heavy atom. The molecule has 26 heavy (non-hydrogen) atoms. The second-order valence-electron chi connectivity index (χ2n) is 7.14. The van der Waals surface area contributed by atoms with Crippen molar-refractivity contribution in [3.63, 3.8) is 0 Å². The third-order valence-electron chi connectivity index (χ3n) is 3.20. The summed E-state index contributed by atoms with van der Waals surface area (Å²) < 4.78 is 0. The summed E-state index contributed by atoms with van der Waals surface area (Å²) in [5.74, 6) is -1.04. The Morgan fingerprint density at radius 2 is 1.73 bits per heavy atom. The average Bonchev–Trinajstić information content (AvgIpc) is 2.48. The van der Waals surface area contributed by atoms with E-state index in [-0.39, 0.29) is 27.2 Å². The topological polar surface area (TPSA) is 82.3 Å². The first-order valence-corrected chi connectivity index (χ1v) is 9.21. The maximum Gasteiger partial charge on any atom is 0.261 e. The van der Waals surface area contributed by atoms with Gasteiger partial charge in [-0.05, 0) is 57.1 Å². The van der Waals surface area contributed by atoms with E-state index in [9.17, 15) is 9.59 Å². The Labute approximate surface area is 169 Å². The molecule has 0 unspecified atom stereocenters. The number of benzene rings is 1. The minimum atomic E-state index is -0.779. The summed E-state index contributed by atoms with van der Waals surface area (Å²) in [5.41, 5.74) is 5.14. The summed E-state index contributed by atoms with van der Waals surface area (Å²) in [6.07, 6.45) is 0. The number of carbonyl (C=O) groups excluding carboxylic acids is 2. The third-order valence-corrected chi connectivity index (χ3v) is 3.95. The fourth-order valence-electron chi connectivity index (χ4n) is 2.00. The number of hydrogen-bond acceptors (Lipinski definition) is 3. The first kappa shape index (κ1) is 22.5. The lowest BCUT2D eigenvalue weighted by Crippen LogP contribution is -2.57. The summed E-state index contributed by atoms with van der Waals surface area (Å²) in [6, 6.07) is 3.76. The molecule has 0 aliphatic rings. The van der Waals surface area contributed by atoms with Crippen LogP contribution in [0.4, 0.5) is 0 Å². The van der Waals surface area contributed by atoms with Crippen LogP contribution in [-0.2, 0) is 4.79 Å². The molecule has 0 saturated heterocycles. The van der Waals surface area contributed by atoms with Gasteiger partial charge in [0.1, 0.15) is 6.04 Å². The summed E-state index contributed by atoms with van der Waals surface area (Å²) >= 11 is 17.0. The van der Waals surface area contributed by atoms with Gasteiger partial charge in [-0.1, -0.05) is 37.0 Å². The zero-order valence-electron chi connectivity index (χ0n) is 15.4. The molecule has 0 heterocycles. The van der Waals surface area contributed by atoms with Gasteiger partial charge in [0.05, 0.1) is 10.6 Å². The fourth-order valence-corrected chi connectivity index (χ4v) is 2.85. The number of thiocarbonyl (C=S) groups is 1. The lowest BCUT2D eigenvalue weighted by molar-refractivity contribution is -0.124. The van der Waals surface area contributed by atoms with E-state index < -0.39 is 17.9 Å². The molecule has 0 bridgehead atoms. The van der Waals surface area contributed by atoms with E-state index in [1.807, 2.05) is 34.6 Å². The van der Waals surface area contributed by atoms with Crippen LogP contribution in [0.2, 0.25) is 10.0 Å². The highest BCUT2D eigenvalue weighted by atomic mass is 35.5. The van der Waals surface area contributed by atoms with Crippen LogP contribution in [0.5, 0.6) is 0 Å². The standard InChI is InChI=1S/C17H24Cl2N4O2S/c1-9(2)13(15(25)22-23-16(26)21-17(3,4)5)20-14(24)11-7-6-10(18)8-12(11)19/h6-9,13H,1-5H3,(H,20,24)(H,22,25)(H2,21,23,26)/t13-/m0/s1. The third kappa shape index (κ3) is 7.35. The van der Waals surface area contributed by atoms with Gasteiger partial charge in [0.25, 0.3) is 11.8 Å². The molecule has 0 aromatic heterocycles. The quantitative estimate of drug-likeness (QED) is 0.446. The Bertz CT molecular complexity index is 690. The number of amides is 2. The molecule has 0 aliphatic heterocycles. The molecule has 1 aromatic rings. The van der Waals surface area contributed by atoms with Crippen molar-refractivity contribution < 1.29 is 9.59 Å². The van der Waals surface area contributed by atoms with Gasteiger partial charge in [-0.15, -0.1) is 0 Å². The van der Waals surface area contributed by atoms with Gasteiger partial charge in [0, 0.05) is 10.6 Å². The summed E-state index contributed by atoms with van der Waals surface area (Å²) in [5, 5.41) is 6.61. The van der Waals surface area contributed by atoms with Gasteiger partial charge < -0.3 is 10.6 Å². The number of rotatable bonds is 4. The molecule has 0 aliphatic carbocycles. The lowest BCUT2D eigenvalue weighted by Gasteiger charge is -2.25. The van der Waals surface area contributed by atoms with E-state index in [2.05, 4.69) is 21.5 Å². The molecule has 0 radical (unpaired) electrons. The van der Waals surface area contributed by atoms with E-state index in [0.29, 0.717) is 5.02 Å². The van der Waals surface area contributed by atoms with Gasteiger partial charge in [-0.3, -0.25) is 20.4 Å². The van der Waals surface area contributed by atoms with Crippen molar-refractivity contribution in [3.8, 4) is 0 Å². The Balaban J connectivity index is 2.74. The van der Waals surface area contributed by atoms with Gasteiger partial charge in [0.15, 0.2) is 5.11 Å². The van der Waals surface area contributed by atoms with Crippen LogP contribution >= 0.6 is 35.4 Å². The molecule has 1 aromatic carbocycles. The number of carbonyl (C=O) groups is 2. The molecular formula is C17H24Cl2N4O2S. The average molecular weight is 419 g/mol. The zero-order valence-corrected chi connectivity index (χ0v) is 17.7. The molecule has 0 saturated carbocycles. The van der Waals surface area contributed by atoms with Crippen molar-refractivity contribution in [3.05, 3.63) is 33.8 Å². The SMILES string of the molecule is CC(C)[C@H](NC(=O)c1ccc(Cl)cc1Cl)C(=O)NNC(=S)NC(C)(C)C. The molecule has 0 spiro atoms. The Kier molecular flexibility index (Phi) is 8.12. The first-order chi connectivity index (χ1) is 11.9. The summed E-state index contributed by atoms with van der Waals surface area (Å²) in [6.45, 7) is 9.46. The predicted octanol–water partition coefficient (Wildman–Crippen LogP) is 3.04. The largest absolute Gasteiger partial charge is 0.357 e. The minimum Gasteiger partial charge on any atom is -0.357 e. The number of hydrazine groups is 1. The predicted molar refractivity (Wildman–Crippen MR) is 109 cm³/mol. The van der Waals surface area contributed by atoms with Crippen LogP contribution in [0, 0.1) is 5.92 Å². The highest BCUT2D eigenvalue weighted by Gasteiger charge is 2.26. The Hall–Kier alpha value is -1.57. The van der Waals surface area contributed by atoms with E-state index in [1.54, 1.807) is 6.07 Å². The van der Waals surface area contributed by atoms with Crippen LogP contribution < -0.4 is 21.5 Å². The number of halogens is 2. The van der Waals surface area contributed by atoms with Crippen molar-refractivity contribution in [2.75, 3.05) is 0 Å². The minimum absolute atomic E-state index is 0.157. The normalized spacial score (nSPS) is 12.3. The molecule has 144 valence electrons. The number of hydrogen-bond donors (Lipinski definition) is 4. The molecule has 1 rings (SSSR count). The van der Waals surface area contributed by atoms with E-state index in [4.69, 9.17) is 35.4 Å². The van der Waals surface area contributed by atoms with E-state index >= 15 is 0 Å². The monoisotopic (exact) mass is 418 g/mol. The molecule has 2 amide bonds. The maximum atomic E-state index is 12.4. The van der Waals surface area contributed by atoms with E-state index in [1.165, 1.54) is 12.1 Å². The Morgan fingerprint density at radius 3 is 2.23 bits per heavy atom. The molecule has 1 atom stereocenters. The van der Waals surface area contributed by atoms with Crippen molar-refractivity contribution in [1.82, 2.24) is 21.5 Å². The van der Waals surface area contributed by atoms with Crippen molar-refractivity contribution in [2.24, 2.45) is 5.92 Å². The van der Waals surface area contributed by atoms with Crippen molar-refractivity contribution in [2.45, 2.75) is 46.2 Å². The van der Waals surface area contributed by atoms with Crippen molar-refractivity contribution in [1.29, 1.82) is 0 Å². The smallest absolute Gasteiger partial charge is 0.261 e. The summed E-state index contributed by atoms with van der Waals surface area (Å²) in [7, 11) is 0. The van der Waals surface area contributed by atoms with Gasteiger partial charge in [-0.2, -0.15) is 0 Å². The molecular weight excluding hydrogens is 395 g/mol. The van der Waals surface area contributed by atoms with Gasteiger partial charge in [0.2, 0.25) is 0 Å². The van der Waals surface area contributed by atoms with Crippen LogP contribution in [0.3, 0.4) is 0 Å². The lowest BCUT2D eigenvalue weighted by atomic mass is 10.0. The van der Waals surface area contributed by atoms with Crippen LogP contribution in [-0.4, -0.2) is 28.5 Å². The van der Waals surface area contributed by atoms with Gasteiger partial charge in [-0.25, -0.2) is 0 Å². The molecule has 9 heteroatoms. The molecule has 0 fully saturated rings. The zero-order chi connectivity index (χ0) is 20.1. The molecule has 4 N–H and O–H groups in total. The van der Waals surface area contributed by atoms with Gasteiger partial charge >= 0.3 is 0 Å². The molecule has 6 nitrogen and oxygen atoms in total. The van der Waals surface area contributed by atoms with Crippen LogP contribution in [0.1, 0.15) is 45.0 Å². The second kappa shape index (κ2) is 9.39. The maximum absolute atomic E-state index is 12.4. The highest BCUT2D eigenvalue weighted by molar-refractivity contribution is 7.80. The van der Waals surface area contributed by atoms with Crippen LogP contribution in [0.25, 0.3) is 0 Å². The number of nitrogens with one attached hydrogen (secondary N) is 4. The van der Waals surface area contributed by atoms with Crippen LogP contribution in [0.15, 0.2) is 18.2 Å². The summed E-state index contributed by atoms with van der Waals surface area (Å²) in [4.78, 5) is 24.9. The van der Waals surface area contributed by atoms with Crippen molar-refractivity contribution >= 4 is 52.3 Å². The second-order valence-corrected chi connectivity index (χ2v) is 8.39. The fraction of sp³-hybridized carbons (Fsp3) is 0.471. The first-order valence-electron chi connectivity index (χ1n) is 8.04.